The fourth-order valence-electron chi connectivity index (χ4n) is 5.45. The Bertz CT molecular complexity index is 1850. The van der Waals surface area contributed by atoms with Gasteiger partial charge in [0, 0.05) is 50.6 Å². The van der Waals surface area contributed by atoms with Crippen molar-refractivity contribution in [2.24, 2.45) is 7.05 Å². The van der Waals surface area contributed by atoms with Crippen LogP contribution in [0.25, 0.3) is 22.2 Å². The first-order valence-electron chi connectivity index (χ1n) is 13.9. The lowest BCUT2D eigenvalue weighted by atomic mass is 9.86. The SMILES string of the molecule is COc1cc(C2CCOCC2)c(-c2cnn(C)c2)cc1Nc1ncc(Br)c(Nc2ccc3nccnc3c2P(C)(C)=O)n1. The average Bonchev–Trinajstić information content (AvgIpc) is 3.44. The first-order valence-corrected chi connectivity index (χ1v) is 17.2. The number of hydrogen-bond donors (Lipinski definition) is 2. The molecule has 2 aromatic carbocycles. The van der Waals surface area contributed by atoms with E-state index < -0.39 is 7.14 Å². The maximum atomic E-state index is 13.4. The van der Waals surface area contributed by atoms with Gasteiger partial charge in [-0.15, -0.1) is 0 Å². The van der Waals surface area contributed by atoms with Crippen LogP contribution in [0, 0.1) is 0 Å². The van der Waals surface area contributed by atoms with Crippen molar-refractivity contribution in [1.29, 1.82) is 0 Å². The molecule has 0 amide bonds. The van der Waals surface area contributed by atoms with Crippen LogP contribution in [-0.2, 0) is 16.3 Å². The van der Waals surface area contributed by atoms with Crippen molar-refractivity contribution in [2.45, 2.75) is 18.8 Å². The first-order chi connectivity index (χ1) is 20.7. The Balaban J connectivity index is 1.38. The topological polar surface area (TPSA) is 129 Å². The second-order valence-electron chi connectivity index (χ2n) is 10.8. The zero-order chi connectivity index (χ0) is 30.1. The summed E-state index contributed by atoms with van der Waals surface area (Å²) >= 11 is 3.57. The molecule has 0 bridgehead atoms. The number of nitrogens with one attached hydrogen (secondary N) is 2. The van der Waals surface area contributed by atoms with E-state index in [1.54, 1.807) is 43.7 Å². The number of aryl methyl sites for hydroxylation is 1. The Labute approximate surface area is 258 Å². The molecule has 5 aromatic rings. The summed E-state index contributed by atoms with van der Waals surface area (Å²) in [7, 11) is 0.818. The predicted molar refractivity (Wildman–Crippen MR) is 173 cm³/mol. The monoisotopic (exact) mass is 662 g/mol. The van der Waals surface area contributed by atoms with Crippen LogP contribution in [0.2, 0.25) is 0 Å². The Morgan fingerprint density at radius 3 is 2.56 bits per heavy atom. The molecule has 11 nitrogen and oxygen atoms in total. The van der Waals surface area contributed by atoms with Gasteiger partial charge in [0.2, 0.25) is 5.95 Å². The number of anilines is 4. The molecule has 1 fully saturated rings. The highest BCUT2D eigenvalue weighted by Crippen LogP contribution is 2.43. The molecular weight excluding hydrogens is 631 g/mol. The average molecular weight is 664 g/mol. The van der Waals surface area contributed by atoms with Crippen molar-refractivity contribution in [2.75, 3.05) is 44.3 Å². The number of fused-ring (bicyclic) bond motifs is 1. The Hall–Kier alpha value is -3.86. The highest BCUT2D eigenvalue weighted by molar-refractivity contribution is 9.10. The second kappa shape index (κ2) is 12.0. The molecule has 4 heterocycles. The van der Waals surface area contributed by atoms with E-state index in [1.165, 1.54) is 5.56 Å². The van der Waals surface area contributed by atoms with Gasteiger partial charge in [0.15, 0.2) is 0 Å². The number of ether oxygens (including phenoxy) is 2. The zero-order valence-electron chi connectivity index (χ0n) is 24.3. The summed E-state index contributed by atoms with van der Waals surface area (Å²) in [5, 5.41) is 11.7. The summed E-state index contributed by atoms with van der Waals surface area (Å²) in [5.41, 5.74) is 5.93. The van der Waals surface area contributed by atoms with Crippen molar-refractivity contribution in [3.8, 4) is 16.9 Å². The van der Waals surface area contributed by atoms with Gasteiger partial charge in [0.05, 0.1) is 40.0 Å². The molecule has 6 rings (SSSR count). The molecule has 1 aliphatic heterocycles. The van der Waals surface area contributed by atoms with Gasteiger partial charge in [-0.1, -0.05) is 0 Å². The second-order valence-corrected chi connectivity index (χ2v) is 14.8. The van der Waals surface area contributed by atoms with Crippen molar-refractivity contribution < 1.29 is 14.0 Å². The van der Waals surface area contributed by atoms with Crippen molar-refractivity contribution in [3.63, 3.8) is 0 Å². The van der Waals surface area contributed by atoms with Crippen molar-refractivity contribution in [3.05, 3.63) is 65.3 Å². The number of halogens is 1. The van der Waals surface area contributed by atoms with Gasteiger partial charge in [-0.05, 0) is 83.4 Å². The van der Waals surface area contributed by atoms with Crippen LogP contribution in [0.3, 0.4) is 0 Å². The minimum absolute atomic E-state index is 0.348. The van der Waals surface area contributed by atoms with Crippen LogP contribution in [0.4, 0.5) is 23.1 Å². The van der Waals surface area contributed by atoms with E-state index in [2.05, 4.69) is 58.7 Å². The van der Waals surface area contributed by atoms with Crippen molar-refractivity contribution >= 4 is 62.6 Å². The first kappa shape index (κ1) is 29.2. The summed E-state index contributed by atoms with van der Waals surface area (Å²) < 4.78 is 27.3. The normalized spacial score (nSPS) is 14.2. The standard InChI is InChI=1S/C30H32BrN8O3P/c1-39-17-19(15-35-39)20-13-25(26(41-2)14-21(20)18-7-11-42-12-8-18)37-30-34-16-22(31)29(38-30)36-24-6-5-23-27(33-10-9-32-23)28(24)43(3,4)40/h5-6,9-10,13-18H,7-8,11-12H2,1-4H3,(H2,34,36,37,38). The molecule has 222 valence electrons. The van der Waals surface area contributed by atoms with Crippen LogP contribution in [-0.4, -0.2) is 63.4 Å². The number of nitrogens with zero attached hydrogens (tertiary/aromatic N) is 6. The molecule has 0 saturated carbocycles. The fraction of sp³-hybridized carbons (Fsp3) is 0.300. The van der Waals surface area contributed by atoms with Gasteiger partial charge in [0.25, 0.3) is 0 Å². The molecule has 3 aromatic heterocycles. The number of hydrogen-bond acceptors (Lipinski definition) is 10. The highest BCUT2D eigenvalue weighted by atomic mass is 79.9. The zero-order valence-corrected chi connectivity index (χ0v) is 26.8. The van der Waals surface area contributed by atoms with Crippen LogP contribution >= 0.6 is 23.1 Å². The number of benzene rings is 2. The molecule has 2 N–H and O–H groups in total. The fourth-order valence-corrected chi connectivity index (χ4v) is 7.13. The minimum atomic E-state index is -2.75. The van der Waals surface area contributed by atoms with Crippen LogP contribution in [0.15, 0.2) is 59.7 Å². The number of rotatable bonds is 8. The lowest BCUT2D eigenvalue weighted by Crippen LogP contribution is -2.15. The summed E-state index contributed by atoms with van der Waals surface area (Å²) in [6.07, 6.45) is 10.7. The van der Waals surface area contributed by atoms with E-state index in [1.807, 2.05) is 31.6 Å². The molecule has 0 unspecified atom stereocenters. The largest absolute Gasteiger partial charge is 0.495 e. The molecule has 13 heteroatoms. The molecule has 0 atom stereocenters. The molecule has 0 spiro atoms. The van der Waals surface area contributed by atoms with E-state index in [0.717, 1.165) is 42.9 Å². The van der Waals surface area contributed by atoms with E-state index in [0.29, 0.717) is 49.9 Å². The Morgan fingerprint density at radius 2 is 1.84 bits per heavy atom. The lowest BCUT2D eigenvalue weighted by Gasteiger charge is -2.26. The van der Waals surface area contributed by atoms with Gasteiger partial charge < -0.3 is 24.7 Å². The molecule has 1 saturated heterocycles. The maximum Gasteiger partial charge on any atom is 0.229 e. The van der Waals surface area contributed by atoms with Gasteiger partial charge >= 0.3 is 0 Å². The molecule has 0 radical (unpaired) electrons. The van der Waals surface area contributed by atoms with E-state index in [-0.39, 0.29) is 0 Å². The quantitative estimate of drug-likeness (QED) is 0.185. The van der Waals surface area contributed by atoms with Crippen LogP contribution in [0.5, 0.6) is 5.75 Å². The minimum Gasteiger partial charge on any atom is -0.495 e. The molecule has 0 aliphatic carbocycles. The van der Waals surface area contributed by atoms with Crippen LogP contribution < -0.4 is 20.7 Å². The summed E-state index contributed by atoms with van der Waals surface area (Å²) in [5.74, 6) is 1.89. The number of methoxy groups -OCH3 is 1. The van der Waals surface area contributed by atoms with Gasteiger partial charge in [-0.3, -0.25) is 14.6 Å². The van der Waals surface area contributed by atoms with Gasteiger partial charge in [-0.25, -0.2) is 4.98 Å². The van der Waals surface area contributed by atoms with Gasteiger partial charge in [-0.2, -0.15) is 10.1 Å². The summed E-state index contributed by atoms with van der Waals surface area (Å²) in [4.78, 5) is 18.1. The third kappa shape index (κ3) is 6.13. The Kier molecular flexibility index (Phi) is 8.17. The van der Waals surface area contributed by atoms with Crippen LogP contribution in [0.1, 0.15) is 24.3 Å². The highest BCUT2D eigenvalue weighted by Gasteiger charge is 2.24. The molecule has 43 heavy (non-hydrogen) atoms. The lowest BCUT2D eigenvalue weighted by molar-refractivity contribution is 0.0854. The molecule has 1 aliphatic rings. The third-order valence-corrected chi connectivity index (χ3v) is 9.55. The third-order valence-electron chi connectivity index (χ3n) is 7.44. The van der Waals surface area contributed by atoms with E-state index >= 15 is 0 Å². The Morgan fingerprint density at radius 1 is 1.05 bits per heavy atom. The smallest absolute Gasteiger partial charge is 0.229 e. The maximum absolute atomic E-state index is 13.4. The van der Waals surface area contributed by atoms with Crippen molar-refractivity contribution in [1.82, 2.24) is 29.7 Å². The number of aromatic nitrogens is 6. The molecular formula is C30H32BrN8O3P. The summed E-state index contributed by atoms with van der Waals surface area (Å²) in [6, 6.07) is 7.87. The summed E-state index contributed by atoms with van der Waals surface area (Å²) in [6.45, 7) is 4.91. The van der Waals surface area contributed by atoms with E-state index in [4.69, 9.17) is 14.5 Å². The van der Waals surface area contributed by atoms with Gasteiger partial charge in [0.1, 0.15) is 24.2 Å². The van der Waals surface area contributed by atoms with E-state index in [9.17, 15) is 4.57 Å². The predicted octanol–water partition coefficient (Wildman–Crippen LogP) is 6.22.